The third kappa shape index (κ3) is 3.66. The average Bonchev–Trinajstić information content (AvgIpc) is 3.58. The van der Waals surface area contributed by atoms with Crippen LogP contribution in [-0.2, 0) is 6.42 Å². The van der Waals surface area contributed by atoms with Crippen molar-refractivity contribution in [1.82, 2.24) is 4.90 Å². The predicted octanol–water partition coefficient (Wildman–Crippen LogP) is 6.98. The lowest BCUT2D eigenvalue weighted by Gasteiger charge is -2.48. The van der Waals surface area contributed by atoms with E-state index in [0.29, 0.717) is 18.8 Å². The van der Waals surface area contributed by atoms with Crippen LogP contribution in [-0.4, -0.2) is 32.5 Å². The number of nitrogens with zero attached hydrogens (tertiary/aromatic N) is 1. The summed E-state index contributed by atoms with van der Waals surface area (Å²) in [6.45, 7) is 3.61. The van der Waals surface area contributed by atoms with Gasteiger partial charge in [-0.3, -0.25) is 0 Å². The highest BCUT2D eigenvalue weighted by Gasteiger charge is 2.43. The summed E-state index contributed by atoms with van der Waals surface area (Å²) in [6, 6.07) is 9.17. The summed E-state index contributed by atoms with van der Waals surface area (Å²) in [5.74, 6) is 4.15. The lowest BCUT2D eigenvalue weighted by Crippen LogP contribution is -2.40. The second-order valence-electron chi connectivity index (χ2n) is 10.3. The molecule has 5 nitrogen and oxygen atoms in total. The van der Waals surface area contributed by atoms with E-state index in [9.17, 15) is 0 Å². The van der Waals surface area contributed by atoms with E-state index in [0.717, 1.165) is 42.4 Å². The van der Waals surface area contributed by atoms with Gasteiger partial charge < -0.3 is 23.8 Å². The maximum atomic E-state index is 6.10. The van der Waals surface area contributed by atoms with Crippen LogP contribution in [0.1, 0.15) is 86.6 Å². The molecule has 3 heterocycles. The van der Waals surface area contributed by atoms with Crippen molar-refractivity contribution in [2.24, 2.45) is 5.92 Å². The van der Waals surface area contributed by atoms with Gasteiger partial charge in [-0.1, -0.05) is 38.7 Å². The highest BCUT2D eigenvalue weighted by Crippen LogP contribution is 2.57. The Bertz CT molecular complexity index is 1150. The predicted molar refractivity (Wildman–Crippen MR) is 138 cm³/mol. The van der Waals surface area contributed by atoms with Gasteiger partial charge in [0.1, 0.15) is 0 Å². The molecule has 0 bridgehead atoms. The van der Waals surface area contributed by atoms with E-state index >= 15 is 0 Å². The molecule has 1 atom stereocenters. The molecule has 6 rings (SSSR count). The SMILES string of the molecule is CCCCCC1=C2c3cc4c(cc3CCN2C(C2CCCC2)c2c1ccc(OC)c2OC)OCO4. The number of hydrogen-bond acceptors (Lipinski definition) is 5. The van der Waals surface area contributed by atoms with E-state index in [1.54, 1.807) is 14.2 Å². The van der Waals surface area contributed by atoms with E-state index in [1.807, 2.05) is 0 Å². The number of rotatable bonds is 7. The van der Waals surface area contributed by atoms with Crippen molar-refractivity contribution in [2.75, 3.05) is 27.6 Å². The van der Waals surface area contributed by atoms with Crippen molar-refractivity contribution in [3.63, 3.8) is 0 Å². The fourth-order valence-electron chi connectivity index (χ4n) is 6.89. The first kappa shape index (κ1) is 22.6. The monoisotopic (exact) mass is 475 g/mol. The minimum Gasteiger partial charge on any atom is -0.493 e. The first-order valence-corrected chi connectivity index (χ1v) is 13.4. The third-order valence-electron chi connectivity index (χ3n) is 8.47. The number of allylic oxidation sites excluding steroid dienone is 1. The van der Waals surface area contributed by atoms with E-state index in [-0.39, 0.29) is 0 Å². The second-order valence-corrected chi connectivity index (χ2v) is 10.3. The van der Waals surface area contributed by atoms with Crippen LogP contribution in [0.3, 0.4) is 0 Å². The van der Waals surface area contributed by atoms with Crippen LogP contribution >= 0.6 is 0 Å². The van der Waals surface area contributed by atoms with Crippen LogP contribution in [0.5, 0.6) is 23.0 Å². The van der Waals surface area contributed by atoms with E-state index in [2.05, 4.69) is 36.1 Å². The molecule has 0 spiro atoms. The number of unbranched alkanes of at least 4 members (excludes halogenated alkanes) is 2. The molecule has 186 valence electrons. The number of hydrogen-bond donors (Lipinski definition) is 0. The molecule has 35 heavy (non-hydrogen) atoms. The van der Waals surface area contributed by atoms with E-state index in [4.69, 9.17) is 18.9 Å². The van der Waals surface area contributed by atoms with Gasteiger partial charge in [-0.05, 0) is 72.9 Å². The van der Waals surface area contributed by atoms with Gasteiger partial charge in [-0.2, -0.15) is 0 Å². The van der Waals surface area contributed by atoms with Gasteiger partial charge in [0.15, 0.2) is 23.0 Å². The molecule has 0 aromatic heterocycles. The summed E-state index contributed by atoms with van der Waals surface area (Å²) in [5.41, 5.74) is 8.27. The van der Waals surface area contributed by atoms with Crippen LogP contribution in [0, 0.1) is 5.92 Å². The zero-order valence-electron chi connectivity index (χ0n) is 21.3. The summed E-state index contributed by atoms with van der Waals surface area (Å²) >= 11 is 0. The first-order valence-electron chi connectivity index (χ1n) is 13.4. The first-order chi connectivity index (χ1) is 17.2. The molecule has 0 saturated heterocycles. The molecule has 2 aromatic rings. The molecular formula is C30H37NO4. The van der Waals surface area contributed by atoms with Gasteiger partial charge in [-0.15, -0.1) is 0 Å². The normalized spacial score (nSPS) is 20.5. The standard InChI is InChI=1S/C30H37NO4/c1-4-5-6-11-22-21-12-13-24(32-2)30(33-3)27(21)28(19-9-7-8-10-19)31-15-14-20-16-25-26(35-18-34-25)17-23(20)29(22)31/h12-13,16-17,19,28H,4-11,14-15,18H2,1-3H3. The van der Waals surface area contributed by atoms with Gasteiger partial charge in [-0.25, -0.2) is 0 Å². The number of methoxy groups -OCH3 is 2. The lowest BCUT2D eigenvalue weighted by atomic mass is 9.76. The number of benzene rings is 2. The van der Waals surface area contributed by atoms with Gasteiger partial charge >= 0.3 is 0 Å². The summed E-state index contributed by atoms with van der Waals surface area (Å²) in [6.07, 6.45) is 10.9. The molecule has 2 aromatic carbocycles. The minimum absolute atomic E-state index is 0.307. The zero-order chi connectivity index (χ0) is 23.9. The van der Waals surface area contributed by atoms with Crippen molar-refractivity contribution in [2.45, 2.75) is 70.8 Å². The van der Waals surface area contributed by atoms with Crippen molar-refractivity contribution >= 4 is 11.3 Å². The molecule has 0 amide bonds. The van der Waals surface area contributed by atoms with Gasteiger partial charge in [0.2, 0.25) is 6.79 Å². The van der Waals surface area contributed by atoms with Gasteiger partial charge in [0, 0.05) is 23.4 Å². The molecule has 3 aliphatic heterocycles. The van der Waals surface area contributed by atoms with E-state index < -0.39 is 0 Å². The van der Waals surface area contributed by atoms with Gasteiger partial charge in [0.05, 0.1) is 20.3 Å². The topological polar surface area (TPSA) is 40.2 Å². The molecule has 1 aliphatic carbocycles. The molecule has 1 saturated carbocycles. The van der Waals surface area contributed by atoms with Crippen LogP contribution in [0.4, 0.5) is 0 Å². The molecule has 1 fully saturated rings. The molecule has 4 aliphatic rings. The molecular weight excluding hydrogens is 438 g/mol. The summed E-state index contributed by atoms with van der Waals surface area (Å²) in [4.78, 5) is 2.73. The Morgan fingerprint density at radius 2 is 1.77 bits per heavy atom. The Balaban J connectivity index is 1.60. The summed E-state index contributed by atoms with van der Waals surface area (Å²) < 4.78 is 23.5. The number of fused-ring (bicyclic) bond motifs is 5. The smallest absolute Gasteiger partial charge is 0.231 e. The van der Waals surface area contributed by atoms with E-state index in [1.165, 1.54) is 78.5 Å². The molecule has 5 heteroatoms. The third-order valence-corrected chi connectivity index (χ3v) is 8.47. The second kappa shape index (κ2) is 9.33. The van der Waals surface area contributed by atoms with Crippen LogP contribution in [0.15, 0.2) is 24.3 Å². The number of ether oxygens (including phenoxy) is 4. The van der Waals surface area contributed by atoms with Gasteiger partial charge in [0.25, 0.3) is 0 Å². The van der Waals surface area contributed by atoms with Crippen molar-refractivity contribution in [3.05, 3.63) is 46.5 Å². The fraction of sp³-hybridized carbons (Fsp3) is 0.533. The summed E-state index contributed by atoms with van der Waals surface area (Å²) in [5, 5.41) is 0. The zero-order valence-corrected chi connectivity index (χ0v) is 21.3. The Hall–Kier alpha value is -2.82. The highest BCUT2D eigenvalue weighted by molar-refractivity contribution is 5.95. The minimum atomic E-state index is 0.307. The highest BCUT2D eigenvalue weighted by atomic mass is 16.7. The molecule has 0 radical (unpaired) electrons. The lowest BCUT2D eigenvalue weighted by molar-refractivity contribution is 0.174. The Morgan fingerprint density at radius 1 is 0.971 bits per heavy atom. The Labute approximate surface area is 209 Å². The molecule has 0 N–H and O–H groups in total. The van der Waals surface area contributed by atoms with Crippen molar-refractivity contribution in [1.29, 1.82) is 0 Å². The summed E-state index contributed by atoms with van der Waals surface area (Å²) in [7, 11) is 3.55. The maximum absolute atomic E-state index is 6.10. The quantitative estimate of drug-likeness (QED) is 0.404. The maximum Gasteiger partial charge on any atom is 0.231 e. The molecule has 1 unspecified atom stereocenters. The average molecular weight is 476 g/mol. The largest absolute Gasteiger partial charge is 0.493 e. The van der Waals surface area contributed by atoms with Crippen LogP contribution in [0.2, 0.25) is 0 Å². The van der Waals surface area contributed by atoms with Crippen LogP contribution < -0.4 is 18.9 Å². The van der Waals surface area contributed by atoms with Crippen molar-refractivity contribution in [3.8, 4) is 23.0 Å². The van der Waals surface area contributed by atoms with Crippen molar-refractivity contribution < 1.29 is 18.9 Å². The fourth-order valence-corrected chi connectivity index (χ4v) is 6.89. The van der Waals surface area contributed by atoms with Crippen LogP contribution in [0.25, 0.3) is 11.3 Å². The Morgan fingerprint density at radius 3 is 2.51 bits per heavy atom. The Kier molecular flexibility index (Phi) is 6.03.